The van der Waals surface area contributed by atoms with Crippen LogP contribution in [-0.4, -0.2) is 58.2 Å². The molecule has 6 nitrogen and oxygen atoms in total. The molecule has 0 spiro atoms. The number of carbonyl (C=O) groups excluding carboxylic acids is 1. The zero-order valence-corrected chi connectivity index (χ0v) is 13.6. The number of aryl methyl sites for hydroxylation is 2. The van der Waals surface area contributed by atoms with E-state index in [1.807, 2.05) is 14.0 Å². The molecule has 1 fully saturated rings. The van der Waals surface area contributed by atoms with Gasteiger partial charge in [-0.15, -0.1) is 0 Å². The van der Waals surface area contributed by atoms with E-state index in [1.165, 1.54) is 6.42 Å². The molecular formula is C15H27N5O. The van der Waals surface area contributed by atoms with Gasteiger partial charge in [0.1, 0.15) is 5.69 Å². The number of hydrogen-bond acceptors (Lipinski definition) is 4. The van der Waals surface area contributed by atoms with Crippen molar-refractivity contribution in [2.75, 3.05) is 32.4 Å². The molecule has 1 atom stereocenters. The smallest absolute Gasteiger partial charge is 0.274 e. The van der Waals surface area contributed by atoms with Gasteiger partial charge in [0.25, 0.3) is 5.91 Å². The van der Waals surface area contributed by atoms with Crippen LogP contribution in [0, 0.1) is 0 Å². The second-order valence-electron chi connectivity index (χ2n) is 5.80. The van der Waals surface area contributed by atoms with Gasteiger partial charge in [-0.25, -0.2) is 0 Å². The lowest BCUT2D eigenvalue weighted by Crippen LogP contribution is -2.41. The summed E-state index contributed by atoms with van der Waals surface area (Å²) in [5.41, 5.74) is 7.90. The monoisotopic (exact) mass is 293 g/mol. The minimum Gasteiger partial charge on any atom is -0.395 e. The average molecular weight is 293 g/mol. The van der Waals surface area contributed by atoms with Crippen LogP contribution in [0.3, 0.4) is 0 Å². The van der Waals surface area contributed by atoms with Gasteiger partial charge in [-0.2, -0.15) is 5.10 Å². The predicted molar refractivity (Wildman–Crippen MR) is 84.2 cm³/mol. The van der Waals surface area contributed by atoms with Crippen molar-refractivity contribution in [1.82, 2.24) is 19.6 Å². The largest absolute Gasteiger partial charge is 0.395 e. The van der Waals surface area contributed by atoms with Crippen LogP contribution in [0.1, 0.15) is 42.9 Å². The topological polar surface area (TPSA) is 67.4 Å². The van der Waals surface area contributed by atoms with Gasteiger partial charge in [0.2, 0.25) is 0 Å². The Morgan fingerprint density at radius 2 is 2.19 bits per heavy atom. The minimum absolute atomic E-state index is 0.0369. The highest BCUT2D eigenvalue weighted by atomic mass is 16.2. The fourth-order valence-electron chi connectivity index (χ4n) is 3.21. The van der Waals surface area contributed by atoms with Crippen molar-refractivity contribution in [3.05, 3.63) is 11.4 Å². The van der Waals surface area contributed by atoms with Crippen LogP contribution in [0.5, 0.6) is 0 Å². The highest BCUT2D eigenvalue weighted by Crippen LogP contribution is 2.21. The number of likely N-dealkylation sites (tertiary alicyclic amines) is 1. The fourth-order valence-corrected chi connectivity index (χ4v) is 3.21. The zero-order valence-electron chi connectivity index (χ0n) is 13.6. The number of nitrogen functional groups attached to an aromatic ring is 1. The van der Waals surface area contributed by atoms with Crippen LogP contribution in [0.4, 0.5) is 5.69 Å². The van der Waals surface area contributed by atoms with Crippen molar-refractivity contribution >= 4 is 11.6 Å². The third-order valence-corrected chi connectivity index (χ3v) is 4.43. The predicted octanol–water partition coefficient (Wildman–Crippen LogP) is 1.12. The molecule has 1 unspecified atom stereocenters. The second-order valence-corrected chi connectivity index (χ2v) is 5.80. The summed E-state index contributed by atoms with van der Waals surface area (Å²) in [6.45, 7) is 7.09. The maximum Gasteiger partial charge on any atom is 0.274 e. The van der Waals surface area contributed by atoms with Gasteiger partial charge in [0.15, 0.2) is 0 Å². The molecule has 2 rings (SSSR count). The third-order valence-electron chi connectivity index (χ3n) is 4.43. The molecule has 0 radical (unpaired) electrons. The summed E-state index contributed by atoms with van der Waals surface area (Å²) in [6, 6.07) is 0.462. The summed E-state index contributed by atoms with van der Waals surface area (Å²) < 4.78 is 1.61. The number of hydrogen-bond donors (Lipinski definition) is 1. The molecule has 0 bridgehead atoms. The Morgan fingerprint density at radius 3 is 2.76 bits per heavy atom. The molecule has 118 valence electrons. The SMILES string of the molecule is CCc1nn(C)c(C(=O)N(C)CC2CCCN2CC)c1N. The Hall–Kier alpha value is -1.56. The normalized spacial score (nSPS) is 19.1. The van der Waals surface area contributed by atoms with Crippen molar-refractivity contribution in [1.29, 1.82) is 0 Å². The number of nitrogens with two attached hydrogens (primary N) is 1. The van der Waals surface area contributed by atoms with Crippen molar-refractivity contribution in [3.8, 4) is 0 Å². The van der Waals surface area contributed by atoms with Gasteiger partial charge < -0.3 is 10.6 Å². The lowest BCUT2D eigenvalue weighted by Gasteiger charge is -2.27. The van der Waals surface area contributed by atoms with Gasteiger partial charge in [-0.05, 0) is 32.4 Å². The van der Waals surface area contributed by atoms with Gasteiger partial charge in [-0.1, -0.05) is 13.8 Å². The molecule has 1 saturated heterocycles. The molecule has 1 aromatic rings. The van der Waals surface area contributed by atoms with Crippen LogP contribution in [0.25, 0.3) is 0 Å². The highest BCUT2D eigenvalue weighted by molar-refractivity contribution is 5.97. The first kappa shape index (κ1) is 15.8. The van der Waals surface area contributed by atoms with Crippen LogP contribution in [0.2, 0.25) is 0 Å². The molecule has 2 heterocycles. The number of carbonyl (C=O) groups is 1. The number of rotatable bonds is 5. The number of anilines is 1. The van der Waals surface area contributed by atoms with Gasteiger partial charge in [0, 0.05) is 26.7 Å². The lowest BCUT2D eigenvalue weighted by atomic mass is 10.2. The molecule has 1 aromatic heterocycles. The van der Waals surface area contributed by atoms with E-state index in [2.05, 4.69) is 16.9 Å². The first-order valence-corrected chi connectivity index (χ1v) is 7.80. The van der Waals surface area contributed by atoms with E-state index < -0.39 is 0 Å². The van der Waals surface area contributed by atoms with Crippen molar-refractivity contribution < 1.29 is 4.79 Å². The first-order valence-electron chi connectivity index (χ1n) is 7.80. The Balaban J connectivity index is 2.11. The molecule has 2 N–H and O–H groups in total. The molecular weight excluding hydrogens is 266 g/mol. The molecule has 0 aliphatic carbocycles. The summed E-state index contributed by atoms with van der Waals surface area (Å²) >= 11 is 0. The van der Waals surface area contributed by atoms with E-state index in [1.54, 1.807) is 16.6 Å². The number of likely N-dealkylation sites (N-methyl/N-ethyl adjacent to an activating group) is 2. The van der Waals surface area contributed by atoms with E-state index in [9.17, 15) is 4.79 Å². The molecule has 1 aliphatic heterocycles. The van der Waals surface area contributed by atoms with Gasteiger partial charge in [0.05, 0.1) is 11.4 Å². The molecule has 21 heavy (non-hydrogen) atoms. The van der Waals surface area contributed by atoms with Crippen molar-refractivity contribution in [3.63, 3.8) is 0 Å². The minimum atomic E-state index is -0.0369. The van der Waals surface area contributed by atoms with Gasteiger partial charge >= 0.3 is 0 Å². The quantitative estimate of drug-likeness (QED) is 0.883. The van der Waals surface area contributed by atoms with Crippen molar-refractivity contribution in [2.45, 2.75) is 39.2 Å². The van der Waals surface area contributed by atoms with Crippen LogP contribution in [0.15, 0.2) is 0 Å². The van der Waals surface area contributed by atoms with Crippen LogP contribution < -0.4 is 5.73 Å². The van der Waals surface area contributed by atoms with E-state index in [0.717, 1.165) is 38.2 Å². The van der Waals surface area contributed by atoms with Crippen molar-refractivity contribution in [2.24, 2.45) is 7.05 Å². The molecule has 1 aliphatic rings. The van der Waals surface area contributed by atoms with Crippen LogP contribution >= 0.6 is 0 Å². The summed E-state index contributed by atoms with van der Waals surface area (Å²) in [4.78, 5) is 16.9. The first-order chi connectivity index (χ1) is 9.99. The summed E-state index contributed by atoms with van der Waals surface area (Å²) in [6.07, 6.45) is 3.11. The van der Waals surface area contributed by atoms with Crippen LogP contribution in [-0.2, 0) is 13.5 Å². The third kappa shape index (κ3) is 3.05. The van der Waals surface area contributed by atoms with Gasteiger partial charge in [-0.3, -0.25) is 14.4 Å². The lowest BCUT2D eigenvalue weighted by molar-refractivity contribution is 0.0745. The Labute approximate surface area is 126 Å². The molecule has 1 amide bonds. The Bertz CT molecular complexity index is 510. The average Bonchev–Trinajstić information content (AvgIpc) is 3.02. The maximum absolute atomic E-state index is 12.7. The highest BCUT2D eigenvalue weighted by Gasteiger charge is 2.28. The maximum atomic E-state index is 12.7. The molecule has 6 heteroatoms. The van der Waals surface area contributed by atoms with E-state index in [0.29, 0.717) is 17.4 Å². The number of aromatic nitrogens is 2. The Kier molecular flexibility index (Phi) is 4.88. The summed E-state index contributed by atoms with van der Waals surface area (Å²) in [5.74, 6) is -0.0369. The zero-order chi connectivity index (χ0) is 15.6. The Morgan fingerprint density at radius 1 is 1.48 bits per heavy atom. The van der Waals surface area contributed by atoms with E-state index in [4.69, 9.17) is 5.73 Å². The molecule has 0 saturated carbocycles. The number of amides is 1. The van der Waals surface area contributed by atoms with E-state index >= 15 is 0 Å². The number of nitrogens with zero attached hydrogens (tertiary/aromatic N) is 4. The summed E-state index contributed by atoms with van der Waals surface area (Å²) in [7, 11) is 3.64. The fraction of sp³-hybridized carbons (Fsp3) is 0.733. The van der Waals surface area contributed by atoms with E-state index in [-0.39, 0.29) is 5.91 Å². The molecule has 0 aromatic carbocycles. The standard InChI is InChI=1S/C15H27N5O/c1-5-12-13(16)14(19(4)17-12)15(21)18(3)10-11-8-7-9-20(11)6-2/h11H,5-10,16H2,1-4H3. The summed E-state index contributed by atoms with van der Waals surface area (Å²) in [5, 5.41) is 4.33. The second kappa shape index (κ2) is 6.47.